The number of hydrogen-bond donors (Lipinski definition) is 1. The molecule has 1 aliphatic rings. The topological polar surface area (TPSA) is 97.2 Å². The van der Waals surface area contributed by atoms with Crippen LogP contribution in [-0.4, -0.2) is 52.5 Å². The lowest BCUT2D eigenvalue weighted by molar-refractivity contribution is 0.0923. The molecule has 8 nitrogen and oxygen atoms in total. The van der Waals surface area contributed by atoms with E-state index in [-0.39, 0.29) is 11.9 Å². The molecule has 1 fully saturated rings. The summed E-state index contributed by atoms with van der Waals surface area (Å²) < 4.78 is 29.1. The number of hydrogen-bond acceptors (Lipinski definition) is 5. The second-order valence-electron chi connectivity index (χ2n) is 8.89. The molecule has 9 heteroatoms. The van der Waals surface area contributed by atoms with Crippen molar-refractivity contribution >= 4 is 27.0 Å². The van der Waals surface area contributed by atoms with Gasteiger partial charge in [-0.25, -0.2) is 18.1 Å². The van der Waals surface area contributed by atoms with Crippen molar-refractivity contribution in [2.24, 2.45) is 0 Å². The molecule has 1 N–H and O–H groups in total. The molecule has 0 radical (unpaired) electrons. The maximum Gasteiger partial charge on any atom is 0.253 e. The van der Waals surface area contributed by atoms with Crippen LogP contribution in [0.1, 0.15) is 34.3 Å². The molecule has 0 unspecified atom stereocenters. The quantitative estimate of drug-likeness (QED) is 0.448. The van der Waals surface area contributed by atoms with Gasteiger partial charge in [-0.2, -0.15) is 9.40 Å². The van der Waals surface area contributed by atoms with E-state index in [2.05, 4.69) is 15.4 Å². The van der Waals surface area contributed by atoms with Crippen LogP contribution in [0.4, 0.5) is 0 Å². The summed E-state index contributed by atoms with van der Waals surface area (Å²) in [7, 11) is -3.53. The third-order valence-corrected chi connectivity index (χ3v) is 8.27. The number of nitrogens with zero attached hydrogens (tertiary/aromatic N) is 4. The SMILES string of the molecule is Cc1ccc(S(=O)(=O)N2CCC(NC(=O)c3cnc4c(cnn4Cc4ccccc4)c3)CC2)cc1. The van der Waals surface area contributed by atoms with Gasteiger partial charge in [0.1, 0.15) is 0 Å². The minimum atomic E-state index is -3.53. The molecule has 5 rings (SSSR count). The third kappa shape index (κ3) is 4.96. The van der Waals surface area contributed by atoms with Gasteiger partial charge in [-0.1, -0.05) is 48.0 Å². The Hall–Kier alpha value is -3.56. The number of nitrogens with one attached hydrogen (secondary N) is 1. The second-order valence-corrected chi connectivity index (χ2v) is 10.8. The van der Waals surface area contributed by atoms with Gasteiger partial charge in [-0.3, -0.25) is 4.79 Å². The number of pyridine rings is 1. The van der Waals surface area contributed by atoms with Crippen LogP contribution in [0.2, 0.25) is 0 Å². The summed E-state index contributed by atoms with van der Waals surface area (Å²) in [5.74, 6) is -0.213. The zero-order chi connectivity index (χ0) is 24.4. The molecule has 3 heterocycles. The van der Waals surface area contributed by atoms with Crippen molar-refractivity contribution < 1.29 is 13.2 Å². The molecule has 0 aliphatic carbocycles. The van der Waals surface area contributed by atoms with Gasteiger partial charge in [0.2, 0.25) is 10.0 Å². The van der Waals surface area contributed by atoms with E-state index in [1.165, 1.54) is 4.31 Å². The fraction of sp³-hybridized carbons (Fsp3) is 0.269. The lowest BCUT2D eigenvalue weighted by Gasteiger charge is -2.31. The summed E-state index contributed by atoms with van der Waals surface area (Å²) in [5, 5.41) is 8.26. The average Bonchev–Trinajstić information content (AvgIpc) is 3.27. The number of fused-ring (bicyclic) bond motifs is 1. The van der Waals surface area contributed by atoms with Crippen molar-refractivity contribution in [1.29, 1.82) is 0 Å². The highest BCUT2D eigenvalue weighted by Gasteiger charge is 2.30. The Kier molecular flexibility index (Phi) is 6.36. The summed E-state index contributed by atoms with van der Waals surface area (Å²) in [5.41, 5.74) is 3.32. The van der Waals surface area contributed by atoms with Crippen molar-refractivity contribution in [3.8, 4) is 0 Å². The Morgan fingerprint density at radius 3 is 2.46 bits per heavy atom. The summed E-state index contributed by atoms with van der Waals surface area (Å²) >= 11 is 0. The Bertz CT molecular complexity index is 1440. The largest absolute Gasteiger partial charge is 0.349 e. The summed E-state index contributed by atoms with van der Waals surface area (Å²) in [6, 6.07) is 18.6. The van der Waals surface area contributed by atoms with Crippen LogP contribution >= 0.6 is 0 Å². The number of aromatic nitrogens is 3. The lowest BCUT2D eigenvalue weighted by Crippen LogP contribution is -2.46. The van der Waals surface area contributed by atoms with Crippen LogP contribution in [0.15, 0.2) is 78.0 Å². The van der Waals surface area contributed by atoms with Crippen LogP contribution < -0.4 is 5.32 Å². The molecule has 2 aromatic heterocycles. The fourth-order valence-electron chi connectivity index (χ4n) is 4.34. The summed E-state index contributed by atoms with van der Waals surface area (Å²) in [6.07, 6.45) is 4.40. The molecule has 1 aliphatic heterocycles. The van der Waals surface area contributed by atoms with E-state index in [1.54, 1.807) is 42.7 Å². The highest BCUT2D eigenvalue weighted by Crippen LogP contribution is 2.22. The first-order chi connectivity index (χ1) is 16.9. The number of piperidine rings is 1. The third-order valence-electron chi connectivity index (χ3n) is 6.36. The number of benzene rings is 2. The van der Waals surface area contributed by atoms with Gasteiger partial charge in [0.25, 0.3) is 5.91 Å². The van der Waals surface area contributed by atoms with Crippen LogP contribution in [0.3, 0.4) is 0 Å². The number of aryl methyl sites for hydroxylation is 1. The predicted molar refractivity (Wildman–Crippen MR) is 133 cm³/mol. The number of sulfonamides is 1. The number of amides is 1. The fourth-order valence-corrected chi connectivity index (χ4v) is 5.81. The van der Waals surface area contributed by atoms with E-state index in [0.29, 0.717) is 42.9 Å². The lowest BCUT2D eigenvalue weighted by atomic mass is 10.1. The molecule has 35 heavy (non-hydrogen) atoms. The zero-order valence-electron chi connectivity index (χ0n) is 19.5. The van der Waals surface area contributed by atoms with Gasteiger partial charge in [0.15, 0.2) is 5.65 Å². The molecule has 180 valence electrons. The van der Waals surface area contributed by atoms with E-state index in [1.807, 2.05) is 41.9 Å². The van der Waals surface area contributed by atoms with Crippen molar-refractivity contribution in [3.05, 3.63) is 89.7 Å². The minimum Gasteiger partial charge on any atom is -0.349 e. The van der Waals surface area contributed by atoms with Gasteiger partial charge in [-0.05, 0) is 43.5 Å². The highest BCUT2D eigenvalue weighted by molar-refractivity contribution is 7.89. The molecular weight excluding hydrogens is 462 g/mol. The molecule has 0 atom stereocenters. The Morgan fingerprint density at radius 1 is 1.03 bits per heavy atom. The van der Waals surface area contributed by atoms with Gasteiger partial charge in [-0.15, -0.1) is 0 Å². The van der Waals surface area contributed by atoms with Crippen LogP contribution in [0.5, 0.6) is 0 Å². The average molecular weight is 490 g/mol. The van der Waals surface area contributed by atoms with Crippen LogP contribution in [0, 0.1) is 6.92 Å². The van der Waals surface area contributed by atoms with Gasteiger partial charge < -0.3 is 5.32 Å². The molecule has 4 aromatic rings. The molecule has 1 amide bonds. The Balaban J connectivity index is 1.21. The standard InChI is InChI=1S/C26H27N5O3S/c1-19-7-9-24(10-8-19)35(33,34)30-13-11-23(12-14-30)29-26(32)22-15-21-17-28-31(25(21)27-16-22)18-20-5-3-2-4-6-20/h2-10,15-17,23H,11-14,18H2,1H3,(H,29,32). The minimum absolute atomic E-state index is 0.0940. The number of rotatable bonds is 6. The molecule has 0 bridgehead atoms. The van der Waals surface area contributed by atoms with Gasteiger partial charge in [0.05, 0.1) is 23.2 Å². The Morgan fingerprint density at radius 2 is 1.74 bits per heavy atom. The van der Waals surface area contributed by atoms with Crippen molar-refractivity contribution in [1.82, 2.24) is 24.4 Å². The first kappa shape index (κ1) is 23.2. The predicted octanol–water partition coefficient (Wildman–Crippen LogP) is 3.37. The van der Waals surface area contributed by atoms with Gasteiger partial charge in [0, 0.05) is 30.7 Å². The monoisotopic (exact) mass is 489 g/mol. The van der Waals surface area contributed by atoms with E-state index < -0.39 is 10.0 Å². The molecule has 1 saturated heterocycles. The normalized spacial score (nSPS) is 15.3. The first-order valence-electron chi connectivity index (χ1n) is 11.6. The van der Waals surface area contributed by atoms with Crippen LogP contribution in [-0.2, 0) is 16.6 Å². The van der Waals surface area contributed by atoms with E-state index in [9.17, 15) is 13.2 Å². The Labute approximate surface area is 204 Å². The number of carbonyl (C=O) groups excluding carboxylic acids is 1. The van der Waals surface area contributed by atoms with Crippen molar-refractivity contribution in [3.63, 3.8) is 0 Å². The maximum atomic E-state index is 12.9. The molecule has 2 aromatic carbocycles. The van der Waals surface area contributed by atoms with Crippen molar-refractivity contribution in [2.75, 3.05) is 13.1 Å². The number of carbonyl (C=O) groups is 1. The van der Waals surface area contributed by atoms with Crippen LogP contribution in [0.25, 0.3) is 11.0 Å². The molecule has 0 spiro atoms. The van der Waals surface area contributed by atoms with Gasteiger partial charge >= 0.3 is 0 Å². The zero-order valence-corrected chi connectivity index (χ0v) is 20.3. The maximum absolute atomic E-state index is 12.9. The summed E-state index contributed by atoms with van der Waals surface area (Å²) in [6.45, 7) is 3.26. The smallest absolute Gasteiger partial charge is 0.253 e. The molecule has 0 saturated carbocycles. The van der Waals surface area contributed by atoms with E-state index in [0.717, 1.165) is 22.2 Å². The first-order valence-corrected chi connectivity index (χ1v) is 13.1. The summed E-state index contributed by atoms with van der Waals surface area (Å²) in [4.78, 5) is 17.7. The van der Waals surface area contributed by atoms with E-state index >= 15 is 0 Å². The highest BCUT2D eigenvalue weighted by atomic mass is 32.2. The van der Waals surface area contributed by atoms with Crippen molar-refractivity contribution in [2.45, 2.75) is 37.2 Å². The molecular formula is C26H27N5O3S. The second kappa shape index (κ2) is 9.59. The van der Waals surface area contributed by atoms with E-state index in [4.69, 9.17) is 0 Å².